The van der Waals surface area contributed by atoms with Gasteiger partial charge in [0.2, 0.25) is 17.7 Å². The first-order valence-corrected chi connectivity index (χ1v) is 15.1. The highest BCUT2D eigenvalue weighted by molar-refractivity contribution is 5.93. The highest BCUT2D eigenvalue weighted by Crippen LogP contribution is 2.50. The minimum Gasteiger partial charge on any atom is -0.464 e. The molecule has 3 aliphatic heterocycles. The monoisotopic (exact) mass is 575 g/mol. The molecule has 3 aliphatic rings. The largest absolute Gasteiger partial charge is 0.464 e. The number of aromatic amines is 1. The number of aromatic nitrogens is 1. The maximum Gasteiger partial charge on any atom is 0.228 e. The van der Waals surface area contributed by atoms with E-state index in [2.05, 4.69) is 33.4 Å². The third-order valence-corrected chi connectivity index (χ3v) is 9.34. The van der Waals surface area contributed by atoms with Crippen LogP contribution in [0.2, 0.25) is 0 Å². The summed E-state index contributed by atoms with van der Waals surface area (Å²) >= 11 is 0. The van der Waals surface area contributed by atoms with E-state index in [1.807, 2.05) is 43.0 Å². The van der Waals surface area contributed by atoms with E-state index in [0.29, 0.717) is 52.2 Å². The van der Waals surface area contributed by atoms with Gasteiger partial charge in [0.15, 0.2) is 0 Å². The van der Waals surface area contributed by atoms with Crippen LogP contribution in [0.15, 0.2) is 41.0 Å². The normalized spacial score (nSPS) is 24.1. The van der Waals surface area contributed by atoms with E-state index in [9.17, 15) is 14.4 Å². The third kappa shape index (κ3) is 5.11. The van der Waals surface area contributed by atoms with Crippen molar-refractivity contribution in [3.05, 3.63) is 47.9 Å². The lowest BCUT2D eigenvalue weighted by molar-refractivity contribution is -0.166. The van der Waals surface area contributed by atoms with E-state index >= 15 is 0 Å². The molecular formula is C32H41N5O5. The molecule has 2 N–H and O–H groups in total. The van der Waals surface area contributed by atoms with Gasteiger partial charge in [-0.1, -0.05) is 12.1 Å². The molecule has 42 heavy (non-hydrogen) atoms. The Kier molecular flexibility index (Phi) is 7.85. The maximum absolute atomic E-state index is 14.3. The van der Waals surface area contributed by atoms with Gasteiger partial charge in [-0.25, -0.2) is 0 Å². The number of nitrogens with one attached hydrogen (secondary N) is 2. The zero-order chi connectivity index (χ0) is 29.4. The molecule has 3 atom stereocenters. The first-order chi connectivity index (χ1) is 20.3. The molecule has 2 saturated heterocycles. The predicted octanol–water partition coefficient (Wildman–Crippen LogP) is 2.98. The van der Waals surface area contributed by atoms with Crippen LogP contribution in [0, 0.1) is 11.8 Å². The van der Waals surface area contributed by atoms with E-state index in [1.54, 1.807) is 6.26 Å². The van der Waals surface area contributed by atoms with Gasteiger partial charge in [0.1, 0.15) is 5.76 Å². The number of nitrogens with zero attached hydrogens (tertiary/aromatic N) is 3. The molecule has 0 radical (unpaired) electrons. The number of piperidine rings is 1. The number of rotatable bonds is 8. The first-order valence-electron chi connectivity index (χ1n) is 15.1. The topological polar surface area (TPSA) is 111 Å². The Hall–Kier alpha value is -3.63. The summed E-state index contributed by atoms with van der Waals surface area (Å²) < 4.78 is 11.2. The lowest BCUT2D eigenvalue weighted by atomic mass is 9.67. The molecule has 3 amide bonds. The summed E-state index contributed by atoms with van der Waals surface area (Å²) in [5, 5.41) is 4.09. The second-order valence-electron chi connectivity index (χ2n) is 12.2. The van der Waals surface area contributed by atoms with Crippen LogP contribution in [0.4, 0.5) is 0 Å². The van der Waals surface area contributed by atoms with Crippen LogP contribution in [0.5, 0.6) is 0 Å². The SMILES string of the molecule is CN(C)CCCNC(=O)C[C@H]1C[C@H](C(=O)N2CCOCC2)[C@@]2(C)c3[nH]c4cc(-c5ccco5)ccc4c3CCN2C1=O. The van der Waals surface area contributed by atoms with Gasteiger partial charge in [-0.15, -0.1) is 0 Å². The standard InChI is InChI=1S/C32H41N5O5/c1-32-25(31(40)36-13-16-41-17-14-36)18-22(20-28(38)33-10-5-11-35(2)3)30(39)37(32)12-9-24-23-8-7-21(27-6-4-15-42-27)19-26(23)34-29(24)32/h4,6-8,15,19,22,25,34H,5,9-14,16-18,20H2,1-3H3,(H,33,38)/t22-,25-,32+/m1/s1. The minimum atomic E-state index is -0.859. The van der Waals surface area contributed by atoms with Crippen molar-refractivity contribution in [1.82, 2.24) is 25.0 Å². The van der Waals surface area contributed by atoms with Crippen molar-refractivity contribution in [3.8, 4) is 11.3 Å². The van der Waals surface area contributed by atoms with Gasteiger partial charge < -0.3 is 34.2 Å². The first kappa shape index (κ1) is 28.5. The number of amides is 3. The number of fused-ring (bicyclic) bond motifs is 5. The zero-order valence-corrected chi connectivity index (χ0v) is 24.8. The van der Waals surface area contributed by atoms with Crippen LogP contribution < -0.4 is 5.32 Å². The Morgan fingerprint density at radius 1 is 1.17 bits per heavy atom. The number of ether oxygens (including phenoxy) is 1. The van der Waals surface area contributed by atoms with Gasteiger partial charge >= 0.3 is 0 Å². The summed E-state index contributed by atoms with van der Waals surface area (Å²) in [6, 6.07) is 10.0. The zero-order valence-electron chi connectivity index (χ0n) is 24.8. The van der Waals surface area contributed by atoms with Crippen LogP contribution in [-0.4, -0.2) is 97.4 Å². The Morgan fingerprint density at radius 2 is 1.98 bits per heavy atom. The molecule has 0 bridgehead atoms. The highest BCUT2D eigenvalue weighted by atomic mass is 16.5. The summed E-state index contributed by atoms with van der Waals surface area (Å²) in [6.07, 6.45) is 3.60. The average molecular weight is 576 g/mol. The fourth-order valence-corrected chi connectivity index (χ4v) is 7.11. The number of carbonyl (C=O) groups excluding carboxylic acids is 3. The summed E-state index contributed by atoms with van der Waals surface area (Å²) in [4.78, 5) is 50.8. The summed E-state index contributed by atoms with van der Waals surface area (Å²) in [5.41, 5.74) is 3.14. The van der Waals surface area contributed by atoms with Crippen LogP contribution >= 0.6 is 0 Å². The Balaban J connectivity index is 1.33. The molecule has 0 spiro atoms. The summed E-state index contributed by atoms with van der Waals surface area (Å²) in [6.45, 7) is 6.04. The molecule has 2 fully saturated rings. The lowest BCUT2D eigenvalue weighted by Crippen LogP contribution is -2.65. The van der Waals surface area contributed by atoms with Crippen molar-refractivity contribution in [2.75, 3.05) is 60.0 Å². The second-order valence-corrected chi connectivity index (χ2v) is 12.2. The minimum absolute atomic E-state index is 0.0254. The molecule has 1 aromatic carbocycles. The van der Waals surface area contributed by atoms with Crippen molar-refractivity contribution in [2.24, 2.45) is 11.8 Å². The third-order valence-electron chi connectivity index (χ3n) is 9.34. The van der Waals surface area contributed by atoms with Crippen molar-refractivity contribution in [3.63, 3.8) is 0 Å². The number of H-pyrrole nitrogens is 1. The average Bonchev–Trinajstić information content (AvgIpc) is 3.66. The van der Waals surface area contributed by atoms with Crippen LogP contribution in [0.1, 0.15) is 37.4 Å². The van der Waals surface area contributed by atoms with Crippen molar-refractivity contribution < 1.29 is 23.5 Å². The van der Waals surface area contributed by atoms with Gasteiger partial charge in [-0.2, -0.15) is 0 Å². The number of morpholine rings is 1. The van der Waals surface area contributed by atoms with Crippen molar-refractivity contribution >= 4 is 28.6 Å². The number of hydrogen-bond acceptors (Lipinski definition) is 6. The number of benzene rings is 1. The Morgan fingerprint density at radius 3 is 2.71 bits per heavy atom. The molecule has 224 valence electrons. The maximum atomic E-state index is 14.3. The van der Waals surface area contributed by atoms with Crippen LogP contribution in [0.25, 0.3) is 22.2 Å². The van der Waals surface area contributed by atoms with Gasteiger partial charge in [0.05, 0.1) is 30.9 Å². The molecule has 10 nitrogen and oxygen atoms in total. The van der Waals surface area contributed by atoms with Crippen molar-refractivity contribution in [1.29, 1.82) is 0 Å². The smallest absolute Gasteiger partial charge is 0.228 e. The Bertz CT molecular complexity index is 1460. The highest BCUT2D eigenvalue weighted by Gasteiger charge is 2.57. The number of hydrogen-bond donors (Lipinski definition) is 2. The second kappa shape index (κ2) is 11.6. The number of furan rings is 1. The predicted molar refractivity (Wildman–Crippen MR) is 159 cm³/mol. The van der Waals surface area contributed by atoms with E-state index in [4.69, 9.17) is 9.15 Å². The van der Waals surface area contributed by atoms with E-state index in [-0.39, 0.29) is 24.1 Å². The van der Waals surface area contributed by atoms with Gasteiger partial charge in [0.25, 0.3) is 0 Å². The van der Waals surface area contributed by atoms with E-state index in [1.165, 1.54) is 0 Å². The molecule has 5 heterocycles. The molecule has 10 heteroatoms. The molecule has 0 unspecified atom stereocenters. The summed E-state index contributed by atoms with van der Waals surface area (Å²) in [5.74, 6) is -0.407. The fraction of sp³-hybridized carbons (Fsp3) is 0.531. The van der Waals surface area contributed by atoms with Gasteiger partial charge in [-0.05, 0) is 70.6 Å². The quantitative estimate of drug-likeness (QED) is 0.400. The van der Waals surface area contributed by atoms with Gasteiger partial charge in [-0.3, -0.25) is 14.4 Å². The van der Waals surface area contributed by atoms with Crippen molar-refractivity contribution in [2.45, 2.75) is 38.1 Å². The fourth-order valence-electron chi connectivity index (χ4n) is 7.11. The van der Waals surface area contributed by atoms with Crippen LogP contribution in [0.3, 0.4) is 0 Å². The molecule has 3 aromatic rings. The molecule has 0 aliphatic carbocycles. The Labute approximate surface area is 246 Å². The van der Waals surface area contributed by atoms with E-state index in [0.717, 1.165) is 46.4 Å². The molecular weight excluding hydrogens is 534 g/mol. The molecule has 6 rings (SSSR count). The van der Waals surface area contributed by atoms with Crippen LogP contribution in [-0.2, 0) is 31.1 Å². The number of carbonyl (C=O) groups is 3. The molecule has 0 saturated carbocycles. The van der Waals surface area contributed by atoms with Gasteiger partial charge in [0, 0.05) is 60.7 Å². The molecule has 2 aromatic heterocycles. The van der Waals surface area contributed by atoms with E-state index < -0.39 is 17.4 Å². The lowest BCUT2D eigenvalue weighted by Gasteiger charge is -2.54. The summed E-state index contributed by atoms with van der Waals surface area (Å²) in [7, 11) is 4.00.